The van der Waals surface area contributed by atoms with Crippen LogP contribution in [0.1, 0.15) is 25.3 Å². The highest BCUT2D eigenvalue weighted by Gasteiger charge is 2.57. The molecule has 1 aromatic carbocycles. The Morgan fingerprint density at radius 1 is 1.28 bits per heavy atom. The first kappa shape index (κ1) is 17.2. The van der Waals surface area contributed by atoms with E-state index in [-0.39, 0.29) is 36.4 Å². The van der Waals surface area contributed by atoms with Crippen molar-refractivity contribution in [2.45, 2.75) is 32.4 Å². The number of esters is 1. The Morgan fingerprint density at radius 3 is 2.68 bits per heavy atom. The van der Waals surface area contributed by atoms with Crippen molar-refractivity contribution in [1.82, 2.24) is 4.90 Å². The van der Waals surface area contributed by atoms with Crippen molar-refractivity contribution in [2.24, 2.45) is 17.8 Å². The summed E-state index contributed by atoms with van der Waals surface area (Å²) in [7, 11) is 0. The van der Waals surface area contributed by atoms with Gasteiger partial charge in [-0.05, 0) is 18.4 Å². The summed E-state index contributed by atoms with van der Waals surface area (Å²) >= 11 is 0. The van der Waals surface area contributed by atoms with Gasteiger partial charge >= 0.3 is 12.1 Å². The van der Waals surface area contributed by atoms with Gasteiger partial charge in [0.05, 0.1) is 12.2 Å². The highest BCUT2D eigenvalue weighted by atomic mass is 16.5. The highest BCUT2D eigenvalue weighted by molar-refractivity contribution is 5.96. The molecule has 2 aliphatic rings. The maximum atomic E-state index is 12.5. The third-order valence-corrected chi connectivity index (χ3v) is 5.13. The number of benzene rings is 1. The molecule has 1 aliphatic heterocycles. The Labute approximate surface area is 146 Å². The van der Waals surface area contributed by atoms with E-state index in [9.17, 15) is 14.4 Å². The molecule has 132 valence electrons. The lowest BCUT2D eigenvalue weighted by molar-refractivity contribution is -0.151. The van der Waals surface area contributed by atoms with Crippen LogP contribution in [0, 0.1) is 17.8 Å². The van der Waals surface area contributed by atoms with Crippen molar-refractivity contribution < 1.29 is 23.9 Å². The lowest BCUT2D eigenvalue weighted by Crippen LogP contribution is -2.39. The molecule has 1 aliphatic carbocycles. The van der Waals surface area contributed by atoms with Crippen molar-refractivity contribution >= 4 is 18.0 Å². The van der Waals surface area contributed by atoms with Gasteiger partial charge in [0.15, 0.2) is 0 Å². The van der Waals surface area contributed by atoms with E-state index in [2.05, 4.69) is 6.58 Å². The number of hydrogen-bond donors (Lipinski definition) is 0. The zero-order valence-electron chi connectivity index (χ0n) is 14.1. The number of nitrogens with zero attached hydrogens (tertiary/aromatic N) is 1. The molecule has 2 fully saturated rings. The molecule has 0 bridgehead atoms. The maximum Gasteiger partial charge on any atom is 0.421 e. The van der Waals surface area contributed by atoms with Crippen LogP contribution in [-0.4, -0.2) is 28.9 Å². The number of carbonyl (C=O) groups is 3. The van der Waals surface area contributed by atoms with Crippen LogP contribution in [0.4, 0.5) is 4.79 Å². The Morgan fingerprint density at radius 2 is 2.00 bits per heavy atom. The lowest BCUT2D eigenvalue weighted by atomic mass is 9.86. The second-order valence-corrected chi connectivity index (χ2v) is 6.47. The summed E-state index contributed by atoms with van der Waals surface area (Å²) in [5.41, 5.74) is 0.914. The number of rotatable bonds is 4. The van der Waals surface area contributed by atoms with Crippen LogP contribution in [0.5, 0.6) is 0 Å². The van der Waals surface area contributed by atoms with E-state index in [0.29, 0.717) is 12.8 Å². The molecule has 4 atom stereocenters. The third kappa shape index (κ3) is 3.16. The summed E-state index contributed by atoms with van der Waals surface area (Å²) in [6.07, 6.45) is 1.46. The minimum absolute atomic E-state index is 0.206. The van der Waals surface area contributed by atoms with Crippen molar-refractivity contribution in [2.75, 3.05) is 0 Å². The Hall–Kier alpha value is -2.63. The summed E-state index contributed by atoms with van der Waals surface area (Å²) < 4.78 is 10.2. The van der Waals surface area contributed by atoms with E-state index in [1.54, 1.807) is 6.92 Å². The fourth-order valence-electron chi connectivity index (χ4n) is 4.00. The molecular formula is C19H21NO5. The van der Waals surface area contributed by atoms with E-state index in [1.807, 2.05) is 30.3 Å². The fourth-order valence-corrected chi connectivity index (χ4v) is 4.00. The predicted octanol–water partition coefficient (Wildman–Crippen LogP) is 2.88. The van der Waals surface area contributed by atoms with Gasteiger partial charge in [0.25, 0.3) is 0 Å². The highest BCUT2D eigenvalue weighted by Crippen LogP contribution is 2.46. The third-order valence-electron chi connectivity index (χ3n) is 5.13. The molecule has 25 heavy (non-hydrogen) atoms. The van der Waals surface area contributed by atoms with E-state index < -0.39 is 12.0 Å². The largest absolute Gasteiger partial charge is 0.461 e. The van der Waals surface area contributed by atoms with E-state index >= 15 is 0 Å². The van der Waals surface area contributed by atoms with Gasteiger partial charge in [-0.25, -0.2) is 9.69 Å². The van der Waals surface area contributed by atoms with Gasteiger partial charge in [0, 0.05) is 17.9 Å². The van der Waals surface area contributed by atoms with E-state index in [1.165, 1.54) is 0 Å². The first-order valence-electron chi connectivity index (χ1n) is 8.39. The van der Waals surface area contributed by atoms with Crippen LogP contribution in [0.15, 0.2) is 43.2 Å². The van der Waals surface area contributed by atoms with Crippen molar-refractivity contribution in [3.8, 4) is 0 Å². The monoisotopic (exact) mass is 343 g/mol. The molecule has 0 radical (unpaired) electrons. The zero-order valence-corrected chi connectivity index (χ0v) is 14.1. The number of carbonyl (C=O) groups excluding carboxylic acids is 3. The van der Waals surface area contributed by atoms with Crippen LogP contribution >= 0.6 is 0 Å². The van der Waals surface area contributed by atoms with Gasteiger partial charge < -0.3 is 9.47 Å². The van der Waals surface area contributed by atoms with Gasteiger partial charge in [-0.15, -0.1) is 0 Å². The molecule has 1 aromatic rings. The van der Waals surface area contributed by atoms with Crippen LogP contribution in [0.2, 0.25) is 0 Å². The van der Waals surface area contributed by atoms with Gasteiger partial charge in [0.1, 0.15) is 6.61 Å². The number of amides is 2. The summed E-state index contributed by atoms with van der Waals surface area (Å²) in [4.78, 5) is 38.1. The molecule has 1 saturated carbocycles. The normalized spacial score (nSPS) is 27.7. The van der Waals surface area contributed by atoms with E-state index in [0.717, 1.165) is 16.7 Å². The topological polar surface area (TPSA) is 72.9 Å². The molecule has 1 saturated heterocycles. The number of hydrogen-bond acceptors (Lipinski definition) is 5. The average Bonchev–Trinajstić information content (AvgIpc) is 3.14. The molecule has 0 spiro atoms. The summed E-state index contributed by atoms with van der Waals surface area (Å²) in [5, 5.41) is 0. The van der Waals surface area contributed by atoms with Crippen molar-refractivity contribution in [3.63, 3.8) is 0 Å². The number of fused-ring (bicyclic) bond motifs is 1. The smallest absolute Gasteiger partial charge is 0.421 e. The molecule has 1 unspecified atom stereocenters. The summed E-state index contributed by atoms with van der Waals surface area (Å²) in [6, 6.07) is 9.13. The SMILES string of the molecule is C=COC(=O)N1C(=O)[C@@H](C)[C@H]2C(C(=O)OCc3ccccc3)CC[C@@H]21. The number of likely N-dealkylation sites (tertiary alicyclic amines) is 1. The van der Waals surface area contributed by atoms with Gasteiger partial charge in [-0.2, -0.15) is 0 Å². The molecule has 2 amide bonds. The second kappa shape index (κ2) is 7.09. The zero-order chi connectivity index (χ0) is 18.0. The Bertz CT molecular complexity index is 686. The first-order chi connectivity index (χ1) is 12.0. The van der Waals surface area contributed by atoms with Crippen molar-refractivity contribution in [3.05, 3.63) is 48.7 Å². The molecule has 6 heteroatoms. The molecule has 3 rings (SSSR count). The lowest BCUT2D eigenvalue weighted by Gasteiger charge is -2.21. The number of ether oxygens (including phenoxy) is 2. The molecular weight excluding hydrogens is 322 g/mol. The molecule has 1 heterocycles. The molecule has 0 N–H and O–H groups in total. The average molecular weight is 343 g/mol. The van der Waals surface area contributed by atoms with E-state index in [4.69, 9.17) is 9.47 Å². The van der Waals surface area contributed by atoms with Crippen LogP contribution in [-0.2, 0) is 25.7 Å². The Balaban J connectivity index is 1.69. The van der Waals surface area contributed by atoms with Crippen LogP contribution < -0.4 is 0 Å². The van der Waals surface area contributed by atoms with Gasteiger partial charge in [0.2, 0.25) is 5.91 Å². The van der Waals surface area contributed by atoms with Crippen molar-refractivity contribution in [1.29, 1.82) is 0 Å². The van der Waals surface area contributed by atoms with Gasteiger partial charge in [-0.1, -0.05) is 43.8 Å². The minimum atomic E-state index is -0.724. The second-order valence-electron chi connectivity index (χ2n) is 6.47. The first-order valence-corrected chi connectivity index (χ1v) is 8.39. The standard InChI is InChI=1S/C19H21NO5/c1-3-24-19(23)20-15-10-9-14(16(15)12(2)17(20)21)18(22)25-11-13-7-5-4-6-8-13/h3-8,12,14-16H,1,9-11H2,2H3/t12-,14?,15-,16-/m0/s1. The number of imide groups is 1. The predicted molar refractivity (Wildman–Crippen MR) is 88.9 cm³/mol. The summed E-state index contributed by atoms with van der Waals surface area (Å²) in [6.45, 7) is 5.30. The quantitative estimate of drug-likeness (QED) is 0.621. The van der Waals surface area contributed by atoms with Gasteiger partial charge in [-0.3, -0.25) is 9.59 Å². The summed E-state index contributed by atoms with van der Waals surface area (Å²) in [5.74, 6) is -1.64. The Kier molecular flexibility index (Phi) is 4.88. The maximum absolute atomic E-state index is 12.5. The molecule has 0 aromatic heterocycles. The molecule has 6 nitrogen and oxygen atoms in total. The van der Waals surface area contributed by atoms with Crippen LogP contribution in [0.25, 0.3) is 0 Å². The van der Waals surface area contributed by atoms with Crippen LogP contribution in [0.3, 0.4) is 0 Å². The fraction of sp³-hybridized carbons (Fsp3) is 0.421. The minimum Gasteiger partial charge on any atom is -0.461 e.